The zero-order valence-electron chi connectivity index (χ0n) is 9.92. The number of nitro groups is 1. The van der Waals surface area contributed by atoms with Crippen molar-refractivity contribution in [1.82, 2.24) is 9.97 Å². The average molecular weight is 263 g/mol. The highest BCUT2D eigenvalue weighted by Gasteiger charge is 2.22. The van der Waals surface area contributed by atoms with Crippen LogP contribution in [0.3, 0.4) is 0 Å². The van der Waals surface area contributed by atoms with Gasteiger partial charge in [-0.1, -0.05) is 12.1 Å². The van der Waals surface area contributed by atoms with Gasteiger partial charge in [0.25, 0.3) is 0 Å². The zero-order chi connectivity index (χ0) is 14.0. The van der Waals surface area contributed by atoms with Crippen molar-refractivity contribution in [1.29, 1.82) is 0 Å². The lowest BCUT2D eigenvalue weighted by atomic mass is 10.3. The summed E-state index contributed by atoms with van der Waals surface area (Å²) in [7, 11) is 0. The summed E-state index contributed by atoms with van der Waals surface area (Å²) in [6.07, 6.45) is 0. The van der Waals surface area contributed by atoms with Gasteiger partial charge >= 0.3 is 5.69 Å². The number of aromatic nitrogens is 2. The number of aryl methyl sites for hydroxylation is 1. The highest BCUT2D eigenvalue weighted by Crippen LogP contribution is 2.29. The van der Waals surface area contributed by atoms with E-state index in [9.17, 15) is 14.5 Å². The summed E-state index contributed by atoms with van der Waals surface area (Å²) in [5.74, 6) is -0.811. The van der Waals surface area contributed by atoms with Crippen LogP contribution in [0.25, 0.3) is 0 Å². The van der Waals surface area contributed by atoms with Crippen LogP contribution < -0.4 is 11.1 Å². The highest BCUT2D eigenvalue weighted by atomic mass is 19.1. The Bertz CT molecular complexity index is 647. The third kappa shape index (κ3) is 2.57. The lowest BCUT2D eigenvalue weighted by molar-refractivity contribution is -0.385. The molecule has 0 fully saturated rings. The third-order valence-electron chi connectivity index (χ3n) is 2.39. The van der Waals surface area contributed by atoms with Crippen molar-refractivity contribution < 1.29 is 9.31 Å². The second-order valence-corrected chi connectivity index (χ2v) is 3.73. The summed E-state index contributed by atoms with van der Waals surface area (Å²) in [6.45, 7) is 1.43. The van der Waals surface area contributed by atoms with Crippen LogP contribution in [0.5, 0.6) is 0 Å². The van der Waals surface area contributed by atoms with Crippen molar-refractivity contribution >= 4 is 23.1 Å². The molecule has 98 valence electrons. The number of halogens is 1. The molecular formula is C11H10FN5O2. The Labute approximate surface area is 107 Å². The number of rotatable bonds is 3. The molecule has 2 aromatic rings. The van der Waals surface area contributed by atoms with Gasteiger partial charge in [0.15, 0.2) is 0 Å². The van der Waals surface area contributed by atoms with Crippen molar-refractivity contribution in [3.05, 3.63) is 45.9 Å². The lowest BCUT2D eigenvalue weighted by Gasteiger charge is -2.08. The van der Waals surface area contributed by atoms with Gasteiger partial charge in [0.05, 0.1) is 10.6 Å². The largest absolute Gasteiger partial charge is 0.368 e. The number of benzene rings is 1. The molecule has 0 unspecified atom stereocenters. The van der Waals surface area contributed by atoms with Gasteiger partial charge in [-0.3, -0.25) is 10.1 Å². The minimum atomic E-state index is -0.641. The topological polar surface area (TPSA) is 107 Å². The molecule has 0 radical (unpaired) electrons. The predicted molar refractivity (Wildman–Crippen MR) is 67.5 cm³/mol. The minimum Gasteiger partial charge on any atom is -0.368 e. The fraction of sp³-hybridized carbons (Fsp3) is 0.0909. The SMILES string of the molecule is Cc1nc(N)nc(Nc2ccccc2F)c1[N+](=O)[O-]. The molecule has 0 atom stereocenters. The predicted octanol–water partition coefficient (Wildman–Crippen LogP) is 2.16. The summed E-state index contributed by atoms with van der Waals surface area (Å²) >= 11 is 0. The molecule has 1 aromatic carbocycles. The van der Waals surface area contributed by atoms with E-state index in [4.69, 9.17) is 5.73 Å². The van der Waals surface area contributed by atoms with E-state index in [1.807, 2.05) is 0 Å². The maximum Gasteiger partial charge on any atom is 0.332 e. The molecular weight excluding hydrogens is 253 g/mol. The van der Waals surface area contributed by atoms with Crippen LogP contribution >= 0.6 is 0 Å². The van der Waals surface area contributed by atoms with E-state index in [-0.39, 0.29) is 28.8 Å². The van der Waals surface area contributed by atoms with Gasteiger partial charge in [-0.05, 0) is 19.1 Å². The van der Waals surface area contributed by atoms with Crippen molar-refractivity contribution in [3.63, 3.8) is 0 Å². The monoisotopic (exact) mass is 263 g/mol. The van der Waals surface area contributed by atoms with Crippen molar-refractivity contribution in [3.8, 4) is 0 Å². The van der Waals surface area contributed by atoms with Crippen molar-refractivity contribution in [2.45, 2.75) is 6.92 Å². The second kappa shape index (κ2) is 4.84. The smallest absolute Gasteiger partial charge is 0.332 e. The van der Waals surface area contributed by atoms with E-state index < -0.39 is 10.7 Å². The van der Waals surface area contributed by atoms with Gasteiger partial charge in [-0.25, -0.2) is 9.37 Å². The Kier molecular flexibility index (Phi) is 3.23. The molecule has 2 rings (SSSR count). The molecule has 1 heterocycles. The molecule has 1 aromatic heterocycles. The van der Waals surface area contributed by atoms with Crippen molar-refractivity contribution in [2.24, 2.45) is 0 Å². The number of nitrogens with two attached hydrogens (primary N) is 1. The molecule has 3 N–H and O–H groups in total. The summed E-state index contributed by atoms with van der Waals surface area (Å²) < 4.78 is 13.5. The highest BCUT2D eigenvalue weighted by molar-refractivity contribution is 5.68. The number of nitrogens with one attached hydrogen (secondary N) is 1. The molecule has 8 heteroatoms. The Morgan fingerprint density at radius 1 is 1.37 bits per heavy atom. The summed E-state index contributed by atoms with van der Waals surface area (Å²) in [4.78, 5) is 17.8. The van der Waals surface area contributed by atoms with E-state index in [0.29, 0.717) is 0 Å². The quantitative estimate of drug-likeness (QED) is 0.649. The van der Waals surface area contributed by atoms with Crippen LogP contribution in [-0.4, -0.2) is 14.9 Å². The van der Waals surface area contributed by atoms with Crippen LogP contribution in [0.2, 0.25) is 0 Å². The third-order valence-corrected chi connectivity index (χ3v) is 2.39. The first kappa shape index (κ1) is 12.7. The van der Waals surface area contributed by atoms with Crippen LogP contribution in [0.4, 0.5) is 27.5 Å². The summed E-state index contributed by atoms with van der Waals surface area (Å²) in [5.41, 5.74) is 5.29. The Hall–Kier alpha value is -2.77. The van der Waals surface area contributed by atoms with Crippen LogP contribution in [0.1, 0.15) is 5.69 Å². The fourth-order valence-corrected chi connectivity index (χ4v) is 1.58. The van der Waals surface area contributed by atoms with E-state index in [1.165, 1.54) is 25.1 Å². The molecule has 0 aliphatic carbocycles. The number of hydrogen-bond acceptors (Lipinski definition) is 6. The maximum atomic E-state index is 13.5. The van der Waals surface area contributed by atoms with E-state index in [0.717, 1.165) is 0 Å². The first-order chi connectivity index (χ1) is 8.99. The van der Waals surface area contributed by atoms with E-state index in [2.05, 4.69) is 15.3 Å². The summed E-state index contributed by atoms with van der Waals surface area (Å²) in [6, 6.07) is 5.77. The molecule has 0 amide bonds. The molecule has 0 saturated carbocycles. The van der Waals surface area contributed by atoms with Crippen LogP contribution in [-0.2, 0) is 0 Å². The molecule has 19 heavy (non-hydrogen) atoms. The minimum absolute atomic E-state index is 0.0723. The van der Waals surface area contributed by atoms with E-state index >= 15 is 0 Å². The first-order valence-corrected chi connectivity index (χ1v) is 5.29. The number of anilines is 3. The van der Waals surface area contributed by atoms with Gasteiger partial charge in [-0.15, -0.1) is 0 Å². The van der Waals surface area contributed by atoms with Gasteiger partial charge in [-0.2, -0.15) is 4.98 Å². The van der Waals surface area contributed by atoms with E-state index in [1.54, 1.807) is 6.07 Å². The van der Waals surface area contributed by atoms with Crippen LogP contribution in [0, 0.1) is 22.9 Å². The number of nitrogens with zero attached hydrogens (tertiary/aromatic N) is 3. The molecule has 0 saturated heterocycles. The van der Waals surface area contributed by atoms with Gasteiger partial charge in [0.2, 0.25) is 11.8 Å². The Morgan fingerprint density at radius 3 is 2.68 bits per heavy atom. The Morgan fingerprint density at radius 2 is 2.05 bits per heavy atom. The number of nitrogen functional groups attached to an aromatic ring is 1. The lowest BCUT2D eigenvalue weighted by Crippen LogP contribution is -2.07. The second-order valence-electron chi connectivity index (χ2n) is 3.73. The molecule has 0 aliphatic rings. The van der Waals surface area contributed by atoms with Gasteiger partial charge in [0, 0.05) is 0 Å². The molecule has 0 spiro atoms. The van der Waals surface area contributed by atoms with Gasteiger partial charge in [0.1, 0.15) is 11.5 Å². The van der Waals surface area contributed by atoms with Crippen LogP contribution in [0.15, 0.2) is 24.3 Å². The average Bonchev–Trinajstić information content (AvgIpc) is 2.30. The normalized spacial score (nSPS) is 10.2. The number of hydrogen-bond donors (Lipinski definition) is 2. The molecule has 0 aliphatic heterocycles. The summed E-state index contributed by atoms with van der Waals surface area (Å²) in [5, 5.41) is 13.5. The fourth-order valence-electron chi connectivity index (χ4n) is 1.58. The first-order valence-electron chi connectivity index (χ1n) is 5.29. The zero-order valence-corrected chi connectivity index (χ0v) is 9.92. The Balaban J connectivity index is 2.51. The molecule has 0 bridgehead atoms. The van der Waals surface area contributed by atoms with Gasteiger partial charge < -0.3 is 11.1 Å². The molecule has 7 nitrogen and oxygen atoms in total. The standard InChI is InChI=1S/C11H10FN5O2/c1-6-9(17(18)19)10(16-11(13)14-6)15-8-5-3-2-4-7(8)12/h2-5H,1H3,(H3,13,14,15,16). The van der Waals surface area contributed by atoms with Crippen molar-refractivity contribution in [2.75, 3.05) is 11.1 Å². The maximum absolute atomic E-state index is 13.5. The number of para-hydroxylation sites is 1.